The third-order valence-corrected chi connectivity index (χ3v) is 2.79. The third kappa shape index (κ3) is 3.77. The van der Waals surface area contributed by atoms with E-state index in [9.17, 15) is 4.79 Å². The lowest BCUT2D eigenvalue weighted by molar-refractivity contribution is -0.125. The molecule has 0 aromatic carbocycles. The van der Waals surface area contributed by atoms with Gasteiger partial charge in [0.15, 0.2) is 0 Å². The Morgan fingerprint density at radius 3 is 2.87 bits per heavy atom. The molecule has 1 aliphatic heterocycles. The van der Waals surface area contributed by atoms with Crippen molar-refractivity contribution in [2.45, 2.75) is 13.0 Å². The average Bonchev–Trinajstić information content (AvgIpc) is 2.64. The predicted octanol–water partition coefficient (Wildman–Crippen LogP) is -0.972. The first kappa shape index (κ1) is 12.4. The van der Waals surface area contributed by atoms with Gasteiger partial charge < -0.3 is 20.7 Å². The highest BCUT2D eigenvalue weighted by atomic mass is 16.5. The van der Waals surface area contributed by atoms with Gasteiger partial charge in [-0.1, -0.05) is 6.92 Å². The predicted molar refractivity (Wildman–Crippen MR) is 58.5 cm³/mol. The zero-order valence-electron chi connectivity index (χ0n) is 9.53. The number of nitrogens with zero attached hydrogens (tertiary/aromatic N) is 1. The molecule has 1 aliphatic rings. The summed E-state index contributed by atoms with van der Waals surface area (Å²) in [6, 6.07) is -0.145. The van der Waals surface area contributed by atoms with Crippen molar-refractivity contribution in [2.75, 3.05) is 39.9 Å². The highest BCUT2D eigenvalue weighted by molar-refractivity contribution is 5.79. The van der Waals surface area contributed by atoms with Crippen LogP contribution in [0.25, 0.3) is 0 Å². The number of hydrogen-bond donors (Lipinski definition) is 2. The van der Waals surface area contributed by atoms with Gasteiger partial charge in [-0.3, -0.25) is 4.79 Å². The van der Waals surface area contributed by atoms with Gasteiger partial charge in [-0.2, -0.15) is 0 Å². The van der Waals surface area contributed by atoms with E-state index in [1.165, 1.54) is 0 Å². The second-order valence-corrected chi connectivity index (χ2v) is 3.99. The van der Waals surface area contributed by atoms with Crippen LogP contribution in [0.3, 0.4) is 0 Å². The molecule has 1 saturated heterocycles. The lowest BCUT2D eigenvalue weighted by Gasteiger charge is -2.16. The Morgan fingerprint density at radius 1 is 1.60 bits per heavy atom. The monoisotopic (exact) mass is 215 g/mol. The largest absolute Gasteiger partial charge is 0.379 e. The SMILES string of the molecule is CCN(C)CCNC(=O)C1COCC1N. The molecule has 5 heteroatoms. The Balaban J connectivity index is 2.18. The van der Waals surface area contributed by atoms with Crippen LogP contribution in [0.2, 0.25) is 0 Å². The Labute approximate surface area is 90.9 Å². The van der Waals surface area contributed by atoms with Gasteiger partial charge in [0.25, 0.3) is 0 Å². The van der Waals surface area contributed by atoms with Crippen LogP contribution in [0.4, 0.5) is 0 Å². The van der Waals surface area contributed by atoms with Crippen molar-refractivity contribution < 1.29 is 9.53 Å². The van der Waals surface area contributed by atoms with Crippen molar-refractivity contribution in [3.63, 3.8) is 0 Å². The normalized spacial score (nSPS) is 25.9. The molecule has 1 amide bonds. The molecule has 1 fully saturated rings. The van der Waals surface area contributed by atoms with E-state index in [1.807, 2.05) is 7.05 Å². The molecule has 0 saturated carbocycles. The first-order valence-electron chi connectivity index (χ1n) is 5.44. The van der Waals surface area contributed by atoms with Crippen LogP contribution in [0, 0.1) is 5.92 Å². The zero-order valence-corrected chi connectivity index (χ0v) is 9.53. The van der Waals surface area contributed by atoms with Crippen LogP contribution in [0.15, 0.2) is 0 Å². The van der Waals surface area contributed by atoms with E-state index in [-0.39, 0.29) is 17.9 Å². The van der Waals surface area contributed by atoms with E-state index in [0.717, 1.165) is 13.1 Å². The second kappa shape index (κ2) is 6.05. The summed E-state index contributed by atoms with van der Waals surface area (Å²) in [5.41, 5.74) is 5.74. The lowest BCUT2D eigenvalue weighted by atomic mass is 10.0. The fourth-order valence-corrected chi connectivity index (χ4v) is 1.50. The standard InChI is InChI=1S/C10H21N3O2/c1-3-13(2)5-4-12-10(14)8-6-15-7-9(8)11/h8-9H,3-7,11H2,1-2H3,(H,12,14). The Kier molecular flexibility index (Phi) is 5.01. The van der Waals surface area contributed by atoms with Crippen LogP contribution in [-0.4, -0.2) is 56.7 Å². The second-order valence-electron chi connectivity index (χ2n) is 3.99. The summed E-state index contributed by atoms with van der Waals surface area (Å²) in [5.74, 6) is -0.151. The van der Waals surface area contributed by atoms with Gasteiger partial charge in [0.2, 0.25) is 5.91 Å². The molecule has 88 valence electrons. The smallest absolute Gasteiger partial charge is 0.227 e. The maximum Gasteiger partial charge on any atom is 0.227 e. The average molecular weight is 215 g/mol. The van der Waals surface area contributed by atoms with Gasteiger partial charge in [0.1, 0.15) is 0 Å². The number of carbonyl (C=O) groups excluding carboxylic acids is 1. The Bertz CT molecular complexity index is 211. The van der Waals surface area contributed by atoms with E-state index < -0.39 is 0 Å². The van der Waals surface area contributed by atoms with Crippen molar-refractivity contribution >= 4 is 5.91 Å². The molecule has 2 unspecified atom stereocenters. The fraction of sp³-hybridized carbons (Fsp3) is 0.900. The number of hydrogen-bond acceptors (Lipinski definition) is 4. The number of rotatable bonds is 5. The summed E-state index contributed by atoms with van der Waals surface area (Å²) in [6.45, 7) is 5.56. The first-order valence-corrected chi connectivity index (χ1v) is 5.44. The van der Waals surface area contributed by atoms with Crippen molar-refractivity contribution in [2.24, 2.45) is 11.7 Å². The van der Waals surface area contributed by atoms with Crippen molar-refractivity contribution in [1.82, 2.24) is 10.2 Å². The number of carbonyl (C=O) groups is 1. The number of nitrogens with one attached hydrogen (secondary N) is 1. The highest BCUT2D eigenvalue weighted by Gasteiger charge is 2.30. The molecule has 3 N–H and O–H groups in total. The molecular formula is C10H21N3O2. The molecular weight excluding hydrogens is 194 g/mol. The molecule has 1 rings (SSSR count). The Morgan fingerprint density at radius 2 is 2.33 bits per heavy atom. The van der Waals surface area contributed by atoms with E-state index in [0.29, 0.717) is 19.8 Å². The lowest BCUT2D eigenvalue weighted by Crippen LogP contribution is -2.43. The van der Waals surface area contributed by atoms with Gasteiger partial charge >= 0.3 is 0 Å². The van der Waals surface area contributed by atoms with Crippen molar-refractivity contribution in [3.05, 3.63) is 0 Å². The summed E-state index contributed by atoms with van der Waals surface area (Å²) >= 11 is 0. The third-order valence-electron chi connectivity index (χ3n) is 2.79. The minimum absolute atomic E-state index is 0.0181. The number of nitrogens with two attached hydrogens (primary N) is 1. The summed E-state index contributed by atoms with van der Waals surface area (Å²) in [5, 5.41) is 2.88. The summed E-state index contributed by atoms with van der Waals surface area (Å²) < 4.78 is 5.14. The Hall–Kier alpha value is -0.650. The number of amides is 1. The van der Waals surface area contributed by atoms with Crippen LogP contribution >= 0.6 is 0 Å². The van der Waals surface area contributed by atoms with Crippen LogP contribution < -0.4 is 11.1 Å². The highest BCUT2D eigenvalue weighted by Crippen LogP contribution is 2.10. The van der Waals surface area contributed by atoms with E-state index in [4.69, 9.17) is 10.5 Å². The van der Waals surface area contributed by atoms with Gasteiger partial charge in [0.05, 0.1) is 19.1 Å². The quantitative estimate of drug-likeness (QED) is 0.619. The maximum absolute atomic E-state index is 11.6. The summed E-state index contributed by atoms with van der Waals surface area (Å²) in [6.07, 6.45) is 0. The van der Waals surface area contributed by atoms with E-state index in [1.54, 1.807) is 0 Å². The summed E-state index contributed by atoms with van der Waals surface area (Å²) in [7, 11) is 2.02. The molecule has 0 radical (unpaired) electrons. The molecule has 2 atom stereocenters. The van der Waals surface area contributed by atoms with Crippen LogP contribution in [0.5, 0.6) is 0 Å². The van der Waals surface area contributed by atoms with Crippen LogP contribution in [-0.2, 0) is 9.53 Å². The molecule has 0 aliphatic carbocycles. The van der Waals surface area contributed by atoms with Crippen molar-refractivity contribution in [1.29, 1.82) is 0 Å². The maximum atomic E-state index is 11.6. The molecule has 0 spiro atoms. The molecule has 0 aromatic rings. The van der Waals surface area contributed by atoms with E-state index >= 15 is 0 Å². The molecule has 5 nitrogen and oxygen atoms in total. The van der Waals surface area contributed by atoms with Crippen LogP contribution in [0.1, 0.15) is 6.92 Å². The minimum Gasteiger partial charge on any atom is -0.379 e. The first-order chi connectivity index (χ1) is 7.15. The van der Waals surface area contributed by atoms with Gasteiger partial charge in [-0.25, -0.2) is 0 Å². The minimum atomic E-state index is -0.170. The topological polar surface area (TPSA) is 67.6 Å². The summed E-state index contributed by atoms with van der Waals surface area (Å²) in [4.78, 5) is 13.8. The number of likely N-dealkylation sites (N-methyl/N-ethyl adjacent to an activating group) is 1. The molecule has 1 heterocycles. The van der Waals surface area contributed by atoms with Gasteiger partial charge in [0, 0.05) is 19.1 Å². The molecule has 15 heavy (non-hydrogen) atoms. The number of ether oxygens (including phenoxy) is 1. The van der Waals surface area contributed by atoms with Gasteiger partial charge in [-0.05, 0) is 13.6 Å². The zero-order chi connectivity index (χ0) is 11.3. The van der Waals surface area contributed by atoms with E-state index in [2.05, 4.69) is 17.1 Å². The fourth-order valence-electron chi connectivity index (χ4n) is 1.50. The van der Waals surface area contributed by atoms with Crippen molar-refractivity contribution in [3.8, 4) is 0 Å². The molecule has 0 bridgehead atoms. The van der Waals surface area contributed by atoms with Gasteiger partial charge in [-0.15, -0.1) is 0 Å². The molecule has 0 aromatic heterocycles.